The van der Waals surface area contributed by atoms with E-state index >= 15 is 0 Å². The highest BCUT2D eigenvalue weighted by Crippen LogP contribution is 2.31. The van der Waals surface area contributed by atoms with Crippen molar-refractivity contribution in [2.24, 2.45) is 0 Å². The van der Waals surface area contributed by atoms with Crippen LogP contribution in [-0.4, -0.2) is 20.2 Å². The van der Waals surface area contributed by atoms with Crippen LogP contribution >= 0.6 is 0 Å². The van der Waals surface area contributed by atoms with Gasteiger partial charge in [0.15, 0.2) is 0 Å². The van der Waals surface area contributed by atoms with E-state index in [-0.39, 0.29) is 5.97 Å². The largest absolute Gasteiger partial charge is 0.463 e. The van der Waals surface area contributed by atoms with E-state index in [0.717, 1.165) is 42.6 Å². The van der Waals surface area contributed by atoms with Crippen LogP contribution in [0.3, 0.4) is 0 Å². The van der Waals surface area contributed by atoms with E-state index in [4.69, 9.17) is 13.9 Å². The van der Waals surface area contributed by atoms with Gasteiger partial charge in [-0.2, -0.15) is 0 Å². The maximum absolute atomic E-state index is 11.5. The van der Waals surface area contributed by atoms with Crippen LogP contribution in [0.2, 0.25) is 0 Å². The third-order valence-electron chi connectivity index (χ3n) is 2.95. The van der Waals surface area contributed by atoms with Crippen molar-refractivity contribution in [2.75, 3.05) is 14.2 Å². The molecule has 0 saturated heterocycles. The van der Waals surface area contributed by atoms with E-state index in [0.29, 0.717) is 12.4 Å². The minimum absolute atomic E-state index is 0.365. The molecule has 1 heterocycles. The van der Waals surface area contributed by atoms with E-state index in [2.05, 4.69) is 0 Å². The van der Waals surface area contributed by atoms with Crippen molar-refractivity contribution in [2.45, 2.75) is 32.3 Å². The zero-order valence-corrected chi connectivity index (χ0v) is 9.67. The molecule has 0 aromatic carbocycles. The van der Waals surface area contributed by atoms with Crippen LogP contribution in [0.25, 0.3) is 0 Å². The van der Waals surface area contributed by atoms with Crippen LogP contribution in [0.1, 0.15) is 40.3 Å². The fraction of sp³-hybridized carbons (Fsp3) is 0.583. The summed E-state index contributed by atoms with van der Waals surface area (Å²) in [7, 11) is 2.99. The standard InChI is InChI=1S/C12H16O4/c1-14-7-10-8-5-3-4-6-9(8)11(16-10)12(13)15-2/h3-7H2,1-2H3. The van der Waals surface area contributed by atoms with E-state index in [9.17, 15) is 4.79 Å². The SMILES string of the molecule is COCc1oc(C(=O)OC)c2c1CCCC2. The maximum Gasteiger partial charge on any atom is 0.374 e. The molecule has 0 aliphatic heterocycles. The Labute approximate surface area is 94.5 Å². The monoisotopic (exact) mass is 224 g/mol. The number of carbonyl (C=O) groups is 1. The second-order valence-electron chi connectivity index (χ2n) is 3.94. The van der Waals surface area contributed by atoms with Gasteiger partial charge in [-0.1, -0.05) is 0 Å². The van der Waals surface area contributed by atoms with Gasteiger partial charge >= 0.3 is 5.97 Å². The van der Waals surface area contributed by atoms with E-state index < -0.39 is 0 Å². The van der Waals surface area contributed by atoms with Crippen molar-refractivity contribution in [1.82, 2.24) is 0 Å². The summed E-state index contributed by atoms with van der Waals surface area (Å²) in [6.45, 7) is 0.416. The molecule has 0 fully saturated rings. The highest BCUT2D eigenvalue weighted by atomic mass is 16.5. The first-order chi connectivity index (χ1) is 7.77. The summed E-state index contributed by atoms with van der Waals surface area (Å²) >= 11 is 0. The topological polar surface area (TPSA) is 48.7 Å². The zero-order chi connectivity index (χ0) is 11.5. The summed E-state index contributed by atoms with van der Waals surface area (Å²) in [6.07, 6.45) is 4.11. The second-order valence-corrected chi connectivity index (χ2v) is 3.94. The summed E-state index contributed by atoms with van der Waals surface area (Å²) in [5, 5.41) is 0. The first kappa shape index (κ1) is 11.2. The highest BCUT2D eigenvalue weighted by Gasteiger charge is 2.26. The van der Waals surface area contributed by atoms with Crippen molar-refractivity contribution in [3.63, 3.8) is 0 Å². The third-order valence-corrected chi connectivity index (χ3v) is 2.95. The zero-order valence-electron chi connectivity index (χ0n) is 9.67. The minimum atomic E-state index is -0.388. The average molecular weight is 224 g/mol. The molecule has 0 radical (unpaired) electrons. The van der Waals surface area contributed by atoms with Crippen LogP contribution in [0.4, 0.5) is 0 Å². The lowest BCUT2D eigenvalue weighted by Gasteiger charge is -2.11. The van der Waals surface area contributed by atoms with Crippen LogP contribution in [-0.2, 0) is 28.9 Å². The van der Waals surface area contributed by atoms with Gasteiger partial charge in [0, 0.05) is 18.2 Å². The molecule has 1 aliphatic carbocycles. The molecule has 0 spiro atoms. The molecule has 2 rings (SSSR count). The van der Waals surface area contributed by atoms with Crippen molar-refractivity contribution in [1.29, 1.82) is 0 Å². The lowest BCUT2D eigenvalue weighted by Crippen LogP contribution is -2.07. The van der Waals surface area contributed by atoms with Crippen LogP contribution in [0.5, 0.6) is 0 Å². The molecule has 0 bridgehead atoms. The number of hydrogen-bond donors (Lipinski definition) is 0. The van der Waals surface area contributed by atoms with E-state index in [1.165, 1.54) is 7.11 Å². The summed E-state index contributed by atoms with van der Waals surface area (Å²) in [5.74, 6) is 0.752. The van der Waals surface area contributed by atoms with E-state index in [1.54, 1.807) is 7.11 Å². The molecule has 0 N–H and O–H groups in total. The van der Waals surface area contributed by atoms with Gasteiger partial charge in [0.2, 0.25) is 5.76 Å². The number of rotatable bonds is 3. The summed E-state index contributed by atoms with van der Waals surface area (Å²) < 4.78 is 15.4. The molecule has 1 aromatic rings. The Morgan fingerprint density at radius 3 is 2.56 bits per heavy atom. The van der Waals surface area contributed by atoms with Crippen LogP contribution in [0, 0.1) is 0 Å². The van der Waals surface area contributed by atoms with Gasteiger partial charge in [-0.3, -0.25) is 0 Å². The van der Waals surface area contributed by atoms with Gasteiger partial charge < -0.3 is 13.9 Å². The number of fused-ring (bicyclic) bond motifs is 1. The quantitative estimate of drug-likeness (QED) is 0.738. The second kappa shape index (κ2) is 4.70. The number of hydrogen-bond acceptors (Lipinski definition) is 4. The molecule has 16 heavy (non-hydrogen) atoms. The van der Waals surface area contributed by atoms with Gasteiger partial charge in [-0.15, -0.1) is 0 Å². The Morgan fingerprint density at radius 2 is 1.94 bits per heavy atom. The number of furan rings is 1. The molecule has 0 amide bonds. The molecule has 4 heteroatoms. The van der Waals surface area contributed by atoms with Gasteiger partial charge in [0.1, 0.15) is 12.4 Å². The van der Waals surface area contributed by atoms with Crippen LogP contribution in [0.15, 0.2) is 4.42 Å². The first-order valence-electron chi connectivity index (χ1n) is 5.48. The summed E-state index contributed by atoms with van der Waals surface area (Å²) in [4.78, 5) is 11.5. The van der Waals surface area contributed by atoms with Crippen molar-refractivity contribution in [3.8, 4) is 0 Å². The van der Waals surface area contributed by atoms with Gasteiger partial charge in [0.05, 0.1) is 7.11 Å². The van der Waals surface area contributed by atoms with Crippen molar-refractivity contribution < 1.29 is 18.7 Å². The third kappa shape index (κ3) is 1.85. The van der Waals surface area contributed by atoms with Gasteiger partial charge in [-0.25, -0.2) is 4.79 Å². The first-order valence-corrected chi connectivity index (χ1v) is 5.48. The molecule has 0 atom stereocenters. The smallest absolute Gasteiger partial charge is 0.374 e. The molecule has 0 unspecified atom stereocenters. The van der Waals surface area contributed by atoms with E-state index in [1.807, 2.05) is 0 Å². The molecule has 0 saturated carbocycles. The molecule has 1 aliphatic rings. The lowest BCUT2D eigenvalue weighted by molar-refractivity contribution is 0.0556. The predicted octanol–water partition coefficient (Wildman–Crippen LogP) is 2.09. The van der Waals surface area contributed by atoms with Crippen molar-refractivity contribution >= 4 is 5.97 Å². The molecular weight excluding hydrogens is 208 g/mol. The predicted molar refractivity (Wildman–Crippen MR) is 57.4 cm³/mol. The Hall–Kier alpha value is -1.29. The van der Waals surface area contributed by atoms with Crippen LogP contribution < -0.4 is 0 Å². The minimum Gasteiger partial charge on any atom is -0.463 e. The Balaban J connectivity index is 2.41. The number of methoxy groups -OCH3 is 2. The summed E-state index contributed by atoms with van der Waals surface area (Å²) in [5.41, 5.74) is 2.17. The molecule has 1 aromatic heterocycles. The summed E-state index contributed by atoms with van der Waals surface area (Å²) in [6, 6.07) is 0. The van der Waals surface area contributed by atoms with Gasteiger partial charge in [0.25, 0.3) is 0 Å². The maximum atomic E-state index is 11.5. The molecule has 4 nitrogen and oxygen atoms in total. The number of carbonyl (C=O) groups excluding carboxylic acids is 1. The Morgan fingerprint density at radius 1 is 1.25 bits per heavy atom. The average Bonchev–Trinajstić information content (AvgIpc) is 2.68. The Kier molecular flexibility index (Phi) is 3.29. The van der Waals surface area contributed by atoms with Gasteiger partial charge in [-0.05, 0) is 25.7 Å². The van der Waals surface area contributed by atoms with Crippen molar-refractivity contribution in [3.05, 3.63) is 22.6 Å². The number of ether oxygens (including phenoxy) is 2. The normalized spacial score (nSPS) is 14.6. The fourth-order valence-electron chi connectivity index (χ4n) is 2.22. The number of esters is 1. The Bertz CT molecular complexity index is 392. The fourth-order valence-corrected chi connectivity index (χ4v) is 2.22. The molecular formula is C12H16O4. The lowest BCUT2D eigenvalue weighted by atomic mass is 9.92. The molecule has 88 valence electrons. The highest BCUT2D eigenvalue weighted by molar-refractivity contribution is 5.88.